The van der Waals surface area contributed by atoms with Crippen LogP contribution in [0.25, 0.3) is 11.4 Å². The normalized spacial score (nSPS) is 12.2. The van der Waals surface area contributed by atoms with Gasteiger partial charge >= 0.3 is 15.8 Å². The highest BCUT2D eigenvalue weighted by Crippen LogP contribution is 2.38. The number of rotatable bonds is 1. The first-order chi connectivity index (χ1) is 8.22. The van der Waals surface area contributed by atoms with Gasteiger partial charge in [0.2, 0.25) is 0 Å². The molecular weight excluding hydrogens is 231 g/mol. The third-order valence-electron chi connectivity index (χ3n) is 3.26. The number of aryl methyl sites for hydroxylation is 1. The first kappa shape index (κ1) is 10.7. The minimum Gasteiger partial charge on any atom is -0.609 e. The molecule has 17 heavy (non-hydrogen) atoms. The van der Waals surface area contributed by atoms with Crippen LogP contribution in [0.3, 0.4) is 0 Å². The van der Waals surface area contributed by atoms with Crippen molar-refractivity contribution in [2.24, 2.45) is 7.05 Å². The summed E-state index contributed by atoms with van der Waals surface area (Å²) in [5.74, 6) is 3.11. The summed E-state index contributed by atoms with van der Waals surface area (Å²) in [6.07, 6.45) is 4.16. The van der Waals surface area contributed by atoms with E-state index in [0.29, 0.717) is 0 Å². The molecule has 5 heteroatoms. The molecule has 0 aliphatic carbocycles. The number of fused-ring (bicyclic) bond motifs is 3. The largest absolute Gasteiger partial charge is 0.863 e. The van der Waals surface area contributed by atoms with Crippen LogP contribution in [-0.4, -0.2) is 26.4 Å². The molecule has 0 N–H and O–H groups in total. The predicted octanol–water partition coefficient (Wildman–Crippen LogP) is 0.804. The highest BCUT2D eigenvalue weighted by molar-refractivity contribution is 6.28. The molecule has 4 nitrogen and oxygen atoms in total. The zero-order valence-corrected chi connectivity index (χ0v) is 11.6. The zero-order chi connectivity index (χ0) is 12.0. The molecule has 0 amide bonds. The summed E-state index contributed by atoms with van der Waals surface area (Å²) >= 11 is -0.711. The Bertz CT molecular complexity index is 592. The van der Waals surface area contributed by atoms with E-state index in [0.717, 1.165) is 22.6 Å². The van der Waals surface area contributed by atoms with Crippen LogP contribution in [0.5, 0.6) is 11.5 Å². The number of ether oxygens (including phenoxy) is 1. The van der Waals surface area contributed by atoms with E-state index in [1.165, 1.54) is 5.82 Å². The Balaban J connectivity index is 2.32. The minimum atomic E-state index is -0.711. The standard InChI is InChI=1S/C12H14N2O2.Al.H/c1-8-10(16-3)5-4-9(15)11(8)12-13-6-7-14(12)2;;/h4-7,15H,1-3H3;;/q;+2;/p-1. The van der Waals surface area contributed by atoms with Gasteiger partial charge in [-0.05, 0) is 19.1 Å². The summed E-state index contributed by atoms with van der Waals surface area (Å²) in [4.78, 5) is 0. The number of aromatic nitrogens is 2. The molecular formula is C12H14AlN2O2+. The summed E-state index contributed by atoms with van der Waals surface area (Å²) in [7, 11) is 3.76. The molecule has 0 saturated heterocycles. The van der Waals surface area contributed by atoms with Crippen molar-refractivity contribution in [2.75, 3.05) is 7.11 Å². The molecule has 0 unspecified atom stereocenters. The van der Waals surface area contributed by atoms with Crippen molar-refractivity contribution in [2.45, 2.75) is 6.92 Å². The Morgan fingerprint density at radius 3 is 3.00 bits per heavy atom. The summed E-state index contributed by atoms with van der Waals surface area (Å²) in [6, 6.07) is 3.98. The average Bonchev–Trinajstić information content (AvgIpc) is 2.72. The maximum absolute atomic E-state index is 5.88. The van der Waals surface area contributed by atoms with Gasteiger partial charge in [0.05, 0.1) is 26.1 Å². The highest BCUT2D eigenvalue weighted by atomic mass is 27.1. The Hall–Kier alpha value is -1.44. The molecule has 2 aromatic rings. The molecule has 2 heterocycles. The van der Waals surface area contributed by atoms with Crippen LogP contribution in [0, 0.1) is 6.92 Å². The molecule has 3 rings (SSSR count). The lowest BCUT2D eigenvalue weighted by molar-refractivity contribution is -0.659. The van der Waals surface area contributed by atoms with E-state index in [1.807, 2.05) is 12.1 Å². The molecule has 1 aliphatic rings. The maximum atomic E-state index is 5.88. The van der Waals surface area contributed by atoms with Crippen molar-refractivity contribution >= 4 is 15.8 Å². The van der Waals surface area contributed by atoms with Gasteiger partial charge in [0, 0.05) is 5.56 Å². The molecule has 0 atom stereocenters. The summed E-state index contributed by atoms with van der Waals surface area (Å²) in [6.45, 7) is 2.07. The molecule has 1 aromatic heterocycles. The van der Waals surface area contributed by atoms with Gasteiger partial charge in [0.1, 0.15) is 17.5 Å². The van der Waals surface area contributed by atoms with E-state index in [-0.39, 0.29) is 0 Å². The van der Waals surface area contributed by atoms with E-state index in [1.54, 1.807) is 7.11 Å². The van der Waals surface area contributed by atoms with Gasteiger partial charge < -0.3 is 12.1 Å². The fourth-order valence-electron chi connectivity index (χ4n) is 2.37. The van der Waals surface area contributed by atoms with Gasteiger partial charge in [-0.2, -0.15) is 0 Å². The summed E-state index contributed by atoms with van der Waals surface area (Å²) in [5, 5.41) is 0. The summed E-state index contributed by atoms with van der Waals surface area (Å²) < 4.78 is 15.6. The van der Waals surface area contributed by atoms with E-state index in [2.05, 4.69) is 34.5 Å². The second-order valence-corrected chi connectivity index (χ2v) is 5.47. The fraction of sp³-hybridized carbons (Fsp3) is 0.250. The maximum Gasteiger partial charge on any atom is 0.863 e. The summed E-state index contributed by atoms with van der Waals surface area (Å²) in [5.41, 5.74) is 2.28. The quantitative estimate of drug-likeness (QED) is 0.549. The van der Waals surface area contributed by atoms with Crippen molar-refractivity contribution < 1.29 is 13.1 Å². The van der Waals surface area contributed by atoms with Crippen molar-refractivity contribution in [3.8, 4) is 22.9 Å². The number of nitrogens with zero attached hydrogens (tertiary/aromatic N) is 2. The molecule has 1 aliphatic heterocycles. The van der Waals surface area contributed by atoms with Crippen LogP contribution in [-0.2, 0) is 7.05 Å². The van der Waals surface area contributed by atoms with E-state index < -0.39 is 15.8 Å². The van der Waals surface area contributed by atoms with Gasteiger partial charge in [-0.1, -0.05) is 0 Å². The Kier molecular flexibility index (Phi) is 2.39. The molecule has 86 valence electrons. The topological polar surface area (TPSA) is 27.3 Å². The Morgan fingerprint density at radius 1 is 1.41 bits per heavy atom. The number of methoxy groups -OCH3 is 1. The molecule has 0 spiro atoms. The van der Waals surface area contributed by atoms with Crippen molar-refractivity contribution in [1.82, 2.24) is 3.55 Å². The minimum absolute atomic E-state index is 0.711. The lowest BCUT2D eigenvalue weighted by Crippen LogP contribution is -2.33. The van der Waals surface area contributed by atoms with Crippen LogP contribution in [0.1, 0.15) is 5.56 Å². The van der Waals surface area contributed by atoms with Crippen LogP contribution in [0.2, 0.25) is 0 Å². The van der Waals surface area contributed by atoms with Crippen LogP contribution in [0.4, 0.5) is 0 Å². The second-order valence-electron chi connectivity index (χ2n) is 4.24. The molecule has 0 radical (unpaired) electrons. The predicted molar refractivity (Wildman–Crippen MR) is 65.5 cm³/mol. The van der Waals surface area contributed by atoms with Gasteiger partial charge in [-0.3, -0.25) is 0 Å². The van der Waals surface area contributed by atoms with Crippen molar-refractivity contribution in [3.05, 3.63) is 30.1 Å². The molecule has 0 fully saturated rings. The van der Waals surface area contributed by atoms with Crippen LogP contribution < -0.4 is 13.1 Å². The number of hydrogen-bond acceptors (Lipinski definition) is 2. The fourth-order valence-corrected chi connectivity index (χ4v) is 3.58. The SMILES string of the molecule is COc1ccc2c(c1C)-c1[n](cc[n+]1C)[AlH][O]2. The van der Waals surface area contributed by atoms with Gasteiger partial charge in [0.25, 0.3) is 5.82 Å². The Morgan fingerprint density at radius 2 is 2.24 bits per heavy atom. The van der Waals surface area contributed by atoms with Crippen LogP contribution >= 0.6 is 0 Å². The average molecular weight is 245 g/mol. The first-order valence-corrected chi connectivity index (χ1v) is 6.79. The zero-order valence-electron chi connectivity index (χ0n) is 10.2. The van der Waals surface area contributed by atoms with Gasteiger partial charge in [-0.15, -0.1) is 0 Å². The first-order valence-electron chi connectivity index (χ1n) is 5.58. The third kappa shape index (κ3) is 1.47. The molecule has 1 aromatic carbocycles. The van der Waals surface area contributed by atoms with Crippen LogP contribution in [0.15, 0.2) is 24.5 Å². The Labute approximate surface area is 107 Å². The molecule has 0 saturated carbocycles. The highest BCUT2D eigenvalue weighted by Gasteiger charge is 2.32. The second kappa shape index (κ2) is 3.80. The van der Waals surface area contributed by atoms with Crippen molar-refractivity contribution in [3.63, 3.8) is 0 Å². The molecule has 0 bridgehead atoms. The lowest BCUT2D eigenvalue weighted by atomic mass is 10.1. The smallest absolute Gasteiger partial charge is 0.609 e. The number of benzene rings is 1. The lowest BCUT2D eigenvalue weighted by Gasteiger charge is -2.19. The van der Waals surface area contributed by atoms with E-state index in [9.17, 15) is 0 Å². The number of hydrogen-bond donors (Lipinski definition) is 0. The van der Waals surface area contributed by atoms with Gasteiger partial charge in [-0.25, -0.2) is 4.57 Å². The monoisotopic (exact) mass is 245 g/mol. The van der Waals surface area contributed by atoms with E-state index in [4.69, 9.17) is 8.53 Å². The van der Waals surface area contributed by atoms with E-state index >= 15 is 0 Å². The third-order valence-corrected chi connectivity index (χ3v) is 4.48. The van der Waals surface area contributed by atoms with Crippen molar-refractivity contribution in [1.29, 1.82) is 0 Å². The number of imidazole rings is 1. The van der Waals surface area contributed by atoms with Gasteiger partial charge in [0.15, 0.2) is 0 Å².